The molecule has 0 aromatic rings. The highest BCUT2D eigenvalue weighted by molar-refractivity contribution is 7.92. The van der Waals surface area contributed by atoms with Crippen LogP contribution in [-0.2, 0) is 9.84 Å². The molecule has 1 heterocycles. The van der Waals surface area contributed by atoms with Crippen molar-refractivity contribution in [3.8, 4) is 0 Å². The Hall–Kier alpha value is -0.130. The fourth-order valence-corrected chi connectivity index (χ4v) is 1.81. The molecule has 1 aliphatic rings. The first kappa shape index (κ1) is 8.96. The number of sulfone groups is 1. The molecular formula is C6H13N2O2S. The van der Waals surface area contributed by atoms with Gasteiger partial charge in [0.1, 0.15) is 5.88 Å². The lowest BCUT2D eigenvalue weighted by Gasteiger charge is -2.25. The van der Waals surface area contributed by atoms with Gasteiger partial charge in [0.25, 0.3) is 0 Å². The molecule has 65 valence electrons. The van der Waals surface area contributed by atoms with Gasteiger partial charge in [-0.15, -0.1) is 0 Å². The average molecular weight is 177 g/mol. The summed E-state index contributed by atoms with van der Waals surface area (Å²) < 4.78 is 21.6. The van der Waals surface area contributed by atoms with E-state index < -0.39 is 9.84 Å². The zero-order valence-corrected chi connectivity index (χ0v) is 7.39. The number of rotatable bonds is 2. The molecule has 0 spiro atoms. The lowest BCUT2D eigenvalue weighted by atomic mass is 10.4. The van der Waals surface area contributed by atoms with Crippen LogP contribution in [0.2, 0.25) is 0 Å². The summed E-state index contributed by atoms with van der Waals surface area (Å²) in [6.45, 7) is 3.30. The van der Waals surface area contributed by atoms with E-state index in [0.717, 1.165) is 26.2 Å². The van der Waals surface area contributed by atoms with E-state index in [1.807, 2.05) is 4.90 Å². The SMILES string of the molecule is CS(=O)(=O)[CH]N1CCNCC1. The van der Waals surface area contributed by atoms with Crippen molar-refractivity contribution in [3.05, 3.63) is 5.88 Å². The molecule has 1 N–H and O–H groups in total. The van der Waals surface area contributed by atoms with Crippen molar-refractivity contribution in [2.24, 2.45) is 0 Å². The largest absolute Gasteiger partial charge is 0.314 e. The second-order valence-corrected chi connectivity index (χ2v) is 4.59. The molecule has 1 fully saturated rings. The van der Waals surface area contributed by atoms with Crippen LogP contribution >= 0.6 is 0 Å². The van der Waals surface area contributed by atoms with E-state index in [0.29, 0.717) is 0 Å². The van der Waals surface area contributed by atoms with Gasteiger partial charge in [-0.3, -0.25) is 4.90 Å². The molecule has 0 aliphatic carbocycles. The second-order valence-electron chi connectivity index (χ2n) is 2.72. The molecule has 1 saturated heterocycles. The average Bonchev–Trinajstić information content (AvgIpc) is 1.85. The van der Waals surface area contributed by atoms with Gasteiger partial charge in [0, 0.05) is 32.4 Å². The number of nitrogens with zero attached hydrogens (tertiary/aromatic N) is 1. The van der Waals surface area contributed by atoms with Crippen LogP contribution in [0.15, 0.2) is 0 Å². The number of hydrogen-bond donors (Lipinski definition) is 1. The van der Waals surface area contributed by atoms with E-state index in [-0.39, 0.29) is 0 Å². The Morgan fingerprint density at radius 2 is 1.91 bits per heavy atom. The maximum absolute atomic E-state index is 10.8. The van der Waals surface area contributed by atoms with Gasteiger partial charge in [0.2, 0.25) is 0 Å². The zero-order valence-electron chi connectivity index (χ0n) is 6.58. The normalized spacial score (nSPS) is 21.9. The van der Waals surface area contributed by atoms with Gasteiger partial charge in [-0.25, -0.2) is 8.42 Å². The van der Waals surface area contributed by atoms with E-state index in [2.05, 4.69) is 5.32 Å². The minimum absolute atomic E-state index is 0.785. The summed E-state index contributed by atoms with van der Waals surface area (Å²) in [5, 5.41) is 3.14. The molecule has 1 aliphatic heterocycles. The van der Waals surface area contributed by atoms with E-state index in [1.54, 1.807) is 0 Å². The summed E-state index contributed by atoms with van der Waals surface area (Å²) in [7, 11) is -2.95. The number of hydrogen-bond acceptors (Lipinski definition) is 4. The van der Waals surface area contributed by atoms with Crippen LogP contribution in [0.5, 0.6) is 0 Å². The first-order valence-electron chi connectivity index (χ1n) is 3.58. The molecule has 1 rings (SSSR count). The number of piperazine rings is 1. The number of nitrogens with one attached hydrogen (secondary N) is 1. The van der Waals surface area contributed by atoms with Gasteiger partial charge >= 0.3 is 0 Å². The first-order valence-corrected chi connectivity index (χ1v) is 5.53. The van der Waals surface area contributed by atoms with Crippen LogP contribution in [0.3, 0.4) is 0 Å². The van der Waals surface area contributed by atoms with Gasteiger partial charge in [0.05, 0.1) is 0 Å². The predicted molar refractivity (Wildman–Crippen MR) is 43.6 cm³/mol. The quantitative estimate of drug-likeness (QED) is 0.591. The highest BCUT2D eigenvalue weighted by Gasteiger charge is 2.14. The van der Waals surface area contributed by atoms with Crippen molar-refractivity contribution < 1.29 is 8.42 Å². The molecule has 5 heteroatoms. The Morgan fingerprint density at radius 3 is 2.36 bits per heavy atom. The summed E-state index contributed by atoms with van der Waals surface area (Å²) >= 11 is 0. The topological polar surface area (TPSA) is 49.4 Å². The van der Waals surface area contributed by atoms with Crippen LogP contribution < -0.4 is 5.32 Å². The predicted octanol–water partition coefficient (Wildman–Crippen LogP) is -0.945. The second kappa shape index (κ2) is 3.51. The molecule has 4 nitrogen and oxygen atoms in total. The van der Waals surface area contributed by atoms with E-state index in [4.69, 9.17) is 0 Å². The first-order chi connectivity index (χ1) is 5.08. The van der Waals surface area contributed by atoms with Crippen molar-refractivity contribution in [3.63, 3.8) is 0 Å². The fraction of sp³-hybridized carbons (Fsp3) is 0.833. The molecule has 0 bridgehead atoms. The third-order valence-electron chi connectivity index (χ3n) is 1.49. The molecule has 11 heavy (non-hydrogen) atoms. The van der Waals surface area contributed by atoms with Crippen molar-refractivity contribution in [1.82, 2.24) is 10.2 Å². The molecular weight excluding hydrogens is 164 g/mol. The van der Waals surface area contributed by atoms with Crippen LogP contribution in [0, 0.1) is 5.88 Å². The van der Waals surface area contributed by atoms with Gasteiger partial charge < -0.3 is 5.32 Å². The minimum Gasteiger partial charge on any atom is -0.314 e. The Bertz CT molecular complexity index is 207. The van der Waals surface area contributed by atoms with Crippen molar-refractivity contribution >= 4 is 9.84 Å². The highest BCUT2D eigenvalue weighted by Crippen LogP contribution is 2.00. The molecule has 0 aromatic heterocycles. The Labute approximate surface area is 67.5 Å². The zero-order chi connectivity index (χ0) is 8.32. The van der Waals surface area contributed by atoms with E-state index in [1.165, 1.54) is 12.1 Å². The monoisotopic (exact) mass is 177 g/mol. The third-order valence-corrected chi connectivity index (χ3v) is 2.17. The Balaban J connectivity index is 2.36. The maximum Gasteiger partial charge on any atom is 0.166 e. The van der Waals surface area contributed by atoms with Crippen molar-refractivity contribution in [1.29, 1.82) is 0 Å². The summed E-state index contributed by atoms with van der Waals surface area (Å²) in [6.07, 6.45) is 1.22. The van der Waals surface area contributed by atoms with E-state index >= 15 is 0 Å². The van der Waals surface area contributed by atoms with Crippen LogP contribution in [0.4, 0.5) is 0 Å². The smallest absolute Gasteiger partial charge is 0.166 e. The Kier molecular flexibility index (Phi) is 2.86. The Morgan fingerprint density at radius 1 is 1.36 bits per heavy atom. The summed E-state index contributed by atoms with van der Waals surface area (Å²) in [5.74, 6) is 1.31. The standard InChI is InChI=1S/C6H13N2O2S/c1-11(9,10)6-8-4-2-7-3-5-8/h6-7H,2-5H2,1H3. The van der Waals surface area contributed by atoms with Gasteiger partial charge in [-0.05, 0) is 0 Å². The minimum atomic E-state index is -2.95. The molecule has 0 atom stereocenters. The molecule has 0 saturated carbocycles. The third kappa shape index (κ3) is 3.69. The van der Waals surface area contributed by atoms with Crippen LogP contribution in [0.1, 0.15) is 0 Å². The molecule has 1 radical (unpaired) electrons. The summed E-state index contributed by atoms with van der Waals surface area (Å²) in [6, 6.07) is 0. The van der Waals surface area contributed by atoms with Gasteiger partial charge in [-0.1, -0.05) is 0 Å². The van der Waals surface area contributed by atoms with Gasteiger partial charge in [-0.2, -0.15) is 0 Å². The highest BCUT2D eigenvalue weighted by atomic mass is 32.2. The summed E-state index contributed by atoms with van der Waals surface area (Å²) in [4.78, 5) is 1.83. The van der Waals surface area contributed by atoms with Crippen LogP contribution in [-0.4, -0.2) is 45.8 Å². The van der Waals surface area contributed by atoms with Gasteiger partial charge in [0.15, 0.2) is 9.84 Å². The van der Waals surface area contributed by atoms with Crippen molar-refractivity contribution in [2.75, 3.05) is 32.4 Å². The lowest BCUT2D eigenvalue weighted by Crippen LogP contribution is -2.43. The van der Waals surface area contributed by atoms with E-state index in [9.17, 15) is 8.42 Å². The van der Waals surface area contributed by atoms with Crippen molar-refractivity contribution in [2.45, 2.75) is 0 Å². The maximum atomic E-state index is 10.8. The molecule has 0 aromatic carbocycles. The summed E-state index contributed by atoms with van der Waals surface area (Å²) in [5.41, 5.74) is 0. The van der Waals surface area contributed by atoms with Crippen LogP contribution in [0.25, 0.3) is 0 Å². The fourth-order valence-electron chi connectivity index (χ4n) is 1.06. The molecule has 0 amide bonds. The lowest BCUT2D eigenvalue weighted by molar-refractivity contribution is 0.308. The molecule has 0 unspecified atom stereocenters.